The Hall–Kier alpha value is -4.35. The number of ether oxygens (including phenoxy) is 3. The van der Waals surface area contributed by atoms with E-state index in [0.717, 1.165) is 0 Å². The quantitative estimate of drug-likeness (QED) is 0.273. The number of carboxylic acid groups (broad SMARTS) is 1. The number of halogens is 2. The van der Waals surface area contributed by atoms with Gasteiger partial charge >= 0.3 is 6.09 Å². The summed E-state index contributed by atoms with van der Waals surface area (Å²) in [5.41, 5.74) is 1.96. The first-order valence-corrected chi connectivity index (χ1v) is 13.6. The minimum absolute atomic E-state index is 0.0449. The number of carbonyl (C=O) groups is 3. The second-order valence-electron chi connectivity index (χ2n) is 9.49. The fraction of sp³-hybridized carbons (Fsp3) is 0.300. The number of carbonyl (C=O) groups excluding carboxylic acids is 2. The van der Waals surface area contributed by atoms with Gasteiger partial charge in [0.1, 0.15) is 18.0 Å². The van der Waals surface area contributed by atoms with E-state index in [-0.39, 0.29) is 26.1 Å². The lowest BCUT2D eigenvalue weighted by Gasteiger charge is -2.24. The number of benzene rings is 3. The van der Waals surface area contributed by atoms with E-state index in [9.17, 15) is 18.8 Å². The summed E-state index contributed by atoms with van der Waals surface area (Å²) in [4.78, 5) is 38.6. The van der Waals surface area contributed by atoms with E-state index in [4.69, 9.17) is 30.9 Å². The normalized spacial score (nSPS) is 16.3. The molecular formula is C30H31ClFN3O7. The van der Waals surface area contributed by atoms with E-state index in [1.165, 1.54) is 18.1 Å². The Morgan fingerprint density at radius 2 is 1.88 bits per heavy atom. The molecule has 0 aliphatic carbocycles. The van der Waals surface area contributed by atoms with E-state index in [1.807, 2.05) is 0 Å². The van der Waals surface area contributed by atoms with Gasteiger partial charge in [-0.1, -0.05) is 41.9 Å². The molecule has 12 heteroatoms. The standard InChI is InChI=1S/C30H31ClFN3O7/c1-35-23-12-11-19(31)15-21(23)27(20-8-5-10-24(28(20)40-2)41-14-6-13-33-30(38)39)42-25(29(35)37)16-26(36)34-17-18-7-3-4-9-22(18)32/h3-5,7-12,15,25,27,33H,6,13-14,16-17H2,1-2H3,(H,34,36)(H,38,39). The number of fused-ring (bicyclic) bond motifs is 1. The highest BCUT2D eigenvalue weighted by Crippen LogP contribution is 2.45. The number of para-hydroxylation sites is 1. The third kappa shape index (κ3) is 7.29. The van der Waals surface area contributed by atoms with Crippen LogP contribution in [0.3, 0.4) is 0 Å². The van der Waals surface area contributed by atoms with E-state index < -0.39 is 35.9 Å². The van der Waals surface area contributed by atoms with Gasteiger partial charge in [-0.2, -0.15) is 0 Å². The molecule has 3 N–H and O–H groups in total. The summed E-state index contributed by atoms with van der Waals surface area (Å²) in [5.74, 6) is -0.648. The van der Waals surface area contributed by atoms with E-state index >= 15 is 0 Å². The van der Waals surface area contributed by atoms with Crippen LogP contribution >= 0.6 is 11.6 Å². The first-order chi connectivity index (χ1) is 20.2. The van der Waals surface area contributed by atoms with Gasteiger partial charge in [0.25, 0.3) is 5.91 Å². The summed E-state index contributed by atoms with van der Waals surface area (Å²) in [6.07, 6.45) is -3.09. The van der Waals surface area contributed by atoms with Crippen LogP contribution in [0.1, 0.15) is 35.6 Å². The highest BCUT2D eigenvalue weighted by atomic mass is 35.5. The molecule has 222 valence electrons. The van der Waals surface area contributed by atoms with E-state index in [0.29, 0.717) is 45.3 Å². The maximum absolute atomic E-state index is 14.0. The first-order valence-electron chi connectivity index (χ1n) is 13.2. The monoisotopic (exact) mass is 599 g/mol. The lowest BCUT2D eigenvalue weighted by Crippen LogP contribution is -2.40. The largest absolute Gasteiger partial charge is 0.492 e. The minimum Gasteiger partial charge on any atom is -0.492 e. The Balaban J connectivity index is 1.62. The summed E-state index contributed by atoms with van der Waals surface area (Å²) in [6.45, 7) is 0.376. The van der Waals surface area contributed by atoms with Crippen molar-refractivity contribution >= 4 is 35.2 Å². The number of hydrogen-bond donors (Lipinski definition) is 3. The summed E-state index contributed by atoms with van der Waals surface area (Å²) in [7, 11) is 3.06. The van der Waals surface area contributed by atoms with Crippen LogP contribution in [0, 0.1) is 5.82 Å². The van der Waals surface area contributed by atoms with Gasteiger partial charge in [0.2, 0.25) is 5.91 Å². The molecule has 0 aromatic heterocycles. The van der Waals surface area contributed by atoms with Gasteiger partial charge in [-0.05, 0) is 36.8 Å². The number of hydrogen-bond acceptors (Lipinski definition) is 6. The lowest BCUT2D eigenvalue weighted by atomic mass is 9.98. The molecule has 2 unspecified atom stereocenters. The van der Waals surface area contributed by atoms with Crippen molar-refractivity contribution in [2.24, 2.45) is 0 Å². The molecule has 3 amide bonds. The Labute approximate surface area is 247 Å². The molecule has 2 atom stereocenters. The Morgan fingerprint density at radius 1 is 1.10 bits per heavy atom. The lowest BCUT2D eigenvalue weighted by molar-refractivity contribution is -0.137. The number of nitrogens with one attached hydrogen (secondary N) is 2. The van der Waals surface area contributed by atoms with Crippen molar-refractivity contribution in [1.29, 1.82) is 0 Å². The molecular weight excluding hydrogens is 569 g/mol. The Kier molecular flexibility index (Phi) is 10.2. The van der Waals surface area contributed by atoms with Crippen molar-refractivity contribution in [1.82, 2.24) is 10.6 Å². The van der Waals surface area contributed by atoms with Crippen LogP contribution in [-0.4, -0.2) is 56.4 Å². The number of nitrogens with zero attached hydrogens (tertiary/aromatic N) is 1. The molecule has 0 bridgehead atoms. The average molecular weight is 600 g/mol. The molecule has 10 nitrogen and oxygen atoms in total. The molecule has 42 heavy (non-hydrogen) atoms. The van der Waals surface area contributed by atoms with Gasteiger partial charge in [-0.25, -0.2) is 9.18 Å². The van der Waals surface area contributed by atoms with Gasteiger partial charge in [0, 0.05) is 47.5 Å². The van der Waals surface area contributed by atoms with Crippen molar-refractivity contribution in [2.45, 2.75) is 31.6 Å². The molecule has 3 aromatic rings. The van der Waals surface area contributed by atoms with Crippen LogP contribution in [0.15, 0.2) is 60.7 Å². The highest BCUT2D eigenvalue weighted by Gasteiger charge is 2.37. The third-order valence-electron chi connectivity index (χ3n) is 6.70. The van der Waals surface area contributed by atoms with Crippen LogP contribution in [0.2, 0.25) is 5.02 Å². The predicted molar refractivity (Wildman–Crippen MR) is 154 cm³/mol. The van der Waals surface area contributed by atoms with Crippen molar-refractivity contribution in [3.05, 3.63) is 88.2 Å². The van der Waals surface area contributed by atoms with Gasteiger partial charge in [0.05, 0.1) is 20.1 Å². The van der Waals surface area contributed by atoms with Gasteiger partial charge in [0.15, 0.2) is 11.5 Å². The summed E-state index contributed by atoms with van der Waals surface area (Å²) in [6, 6.07) is 16.4. The molecule has 4 rings (SSSR count). The Bertz CT molecular complexity index is 1450. The van der Waals surface area contributed by atoms with Crippen LogP contribution in [-0.2, 0) is 20.9 Å². The molecule has 1 heterocycles. The molecule has 0 spiro atoms. The second-order valence-corrected chi connectivity index (χ2v) is 9.93. The van der Waals surface area contributed by atoms with Gasteiger partial charge < -0.3 is 34.9 Å². The van der Waals surface area contributed by atoms with Gasteiger partial charge in [-0.15, -0.1) is 0 Å². The molecule has 1 aliphatic rings. The summed E-state index contributed by atoms with van der Waals surface area (Å²) >= 11 is 6.37. The van der Waals surface area contributed by atoms with Gasteiger partial charge in [-0.3, -0.25) is 9.59 Å². The van der Waals surface area contributed by atoms with Crippen molar-refractivity contribution in [3.8, 4) is 11.5 Å². The zero-order valence-electron chi connectivity index (χ0n) is 23.1. The van der Waals surface area contributed by atoms with E-state index in [2.05, 4.69) is 10.6 Å². The molecule has 3 aromatic carbocycles. The summed E-state index contributed by atoms with van der Waals surface area (Å²) < 4.78 is 32.0. The average Bonchev–Trinajstić information content (AvgIpc) is 3.06. The molecule has 1 aliphatic heterocycles. The number of likely N-dealkylation sites (N-methyl/N-ethyl adjacent to an activating group) is 1. The fourth-order valence-electron chi connectivity index (χ4n) is 4.64. The zero-order chi connectivity index (χ0) is 30.2. The third-order valence-corrected chi connectivity index (χ3v) is 6.93. The molecule has 0 radical (unpaired) electrons. The maximum atomic E-state index is 14.0. The maximum Gasteiger partial charge on any atom is 0.404 e. The number of methoxy groups -OCH3 is 1. The number of amides is 3. The first kappa shape index (κ1) is 30.6. The Morgan fingerprint density at radius 3 is 2.62 bits per heavy atom. The van der Waals surface area contributed by atoms with Crippen molar-refractivity contribution in [3.63, 3.8) is 0 Å². The fourth-order valence-corrected chi connectivity index (χ4v) is 4.83. The topological polar surface area (TPSA) is 126 Å². The highest BCUT2D eigenvalue weighted by molar-refractivity contribution is 6.30. The van der Waals surface area contributed by atoms with Crippen LogP contribution in [0.25, 0.3) is 0 Å². The second kappa shape index (κ2) is 14.0. The SMILES string of the molecule is COc1c(OCCCNC(=O)O)cccc1C1OC(CC(=O)NCc2ccccc2F)C(=O)N(C)c2ccc(Cl)cc21. The number of anilines is 1. The van der Waals surface area contributed by atoms with Crippen molar-refractivity contribution < 1.29 is 38.1 Å². The van der Waals surface area contributed by atoms with E-state index in [1.54, 1.807) is 61.6 Å². The number of rotatable bonds is 11. The summed E-state index contributed by atoms with van der Waals surface area (Å²) in [5, 5.41) is 14.1. The van der Waals surface area contributed by atoms with Crippen LogP contribution < -0.4 is 25.0 Å². The molecule has 0 fully saturated rings. The van der Waals surface area contributed by atoms with Crippen LogP contribution in [0.4, 0.5) is 14.9 Å². The predicted octanol–water partition coefficient (Wildman–Crippen LogP) is 4.68. The van der Waals surface area contributed by atoms with Crippen LogP contribution in [0.5, 0.6) is 11.5 Å². The molecule has 0 saturated carbocycles. The minimum atomic E-state index is -1.19. The zero-order valence-corrected chi connectivity index (χ0v) is 23.8. The smallest absolute Gasteiger partial charge is 0.404 e. The van der Waals surface area contributed by atoms with Crippen molar-refractivity contribution in [2.75, 3.05) is 32.2 Å². The molecule has 0 saturated heterocycles.